The van der Waals surface area contributed by atoms with E-state index in [1.807, 2.05) is 13.8 Å². The number of nitrogens with zero attached hydrogens (tertiary/aromatic N) is 1. The van der Waals surface area contributed by atoms with Gasteiger partial charge < -0.3 is 4.98 Å². The van der Waals surface area contributed by atoms with Crippen molar-refractivity contribution in [1.29, 1.82) is 0 Å². The van der Waals surface area contributed by atoms with Gasteiger partial charge in [-0.2, -0.15) is 0 Å². The predicted molar refractivity (Wildman–Crippen MR) is 65.5 cm³/mol. The molecular weight excluding hydrogens is 262 g/mol. The zero-order valence-corrected chi connectivity index (χ0v) is 11.6. The van der Waals surface area contributed by atoms with Crippen LogP contribution >= 0.6 is 11.6 Å². The van der Waals surface area contributed by atoms with Crippen molar-refractivity contribution in [2.24, 2.45) is 5.41 Å². The Labute approximate surface area is 106 Å². The minimum Gasteiger partial charge on any atom is -0.332 e. The van der Waals surface area contributed by atoms with E-state index in [1.165, 1.54) is 6.20 Å². The number of aromatic nitrogens is 2. The van der Waals surface area contributed by atoms with Crippen LogP contribution in [0.25, 0.3) is 0 Å². The third-order valence-corrected chi connectivity index (χ3v) is 5.54. The van der Waals surface area contributed by atoms with E-state index in [9.17, 15) is 8.42 Å². The summed E-state index contributed by atoms with van der Waals surface area (Å²) >= 11 is 6.06. The van der Waals surface area contributed by atoms with Gasteiger partial charge in [0.15, 0.2) is 5.03 Å². The fourth-order valence-electron chi connectivity index (χ4n) is 1.86. The van der Waals surface area contributed by atoms with Crippen molar-refractivity contribution in [2.75, 3.05) is 0 Å². The van der Waals surface area contributed by atoms with Crippen LogP contribution in [0.15, 0.2) is 11.2 Å². The maximum atomic E-state index is 12.0. The van der Waals surface area contributed by atoms with Crippen molar-refractivity contribution in [3.05, 3.63) is 12.0 Å². The summed E-state index contributed by atoms with van der Waals surface area (Å²) < 4.78 is 26.7. The number of aromatic amines is 1. The normalized spacial score (nSPS) is 27.8. The molecule has 17 heavy (non-hydrogen) atoms. The smallest absolute Gasteiger partial charge is 0.257 e. The Morgan fingerprint density at radius 3 is 2.65 bits per heavy atom. The van der Waals surface area contributed by atoms with E-state index in [4.69, 9.17) is 11.6 Å². The summed E-state index contributed by atoms with van der Waals surface area (Å²) in [5.41, 5.74) is -0.219. The highest BCUT2D eigenvalue weighted by Crippen LogP contribution is 2.44. The van der Waals surface area contributed by atoms with E-state index >= 15 is 0 Å². The van der Waals surface area contributed by atoms with Gasteiger partial charge >= 0.3 is 0 Å². The summed E-state index contributed by atoms with van der Waals surface area (Å²) in [6.45, 7) is 5.63. The molecule has 1 fully saturated rings. The molecule has 2 N–H and O–H groups in total. The summed E-state index contributed by atoms with van der Waals surface area (Å²) in [6.07, 6.45) is 1.97. The number of rotatable bonds is 3. The number of halogens is 1. The molecule has 96 valence electrons. The molecule has 0 bridgehead atoms. The zero-order valence-electron chi connectivity index (χ0n) is 9.99. The van der Waals surface area contributed by atoms with E-state index in [0.717, 1.165) is 0 Å². The second kappa shape index (κ2) is 3.96. The number of nitrogens with one attached hydrogen (secondary N) is 2. The predicted octanol–water partition coefficient (Wildman–Crippen LogP) is 1.40. The Hall–Kier alpha value is -0.590. The van der Waals surface area contributed by atoms with Gasteiger partial charge in [-0.15, -0.1) is 11.6 Å². The fraction of sp³-hybridized carbons (Fsp3) is 0.700. The van der Waals surface area contributed by atoms with E-state index in [-0.39, 0.29) is 21.9 Å². The molecule has 1 heterocycles. The second-order valence-corrected chi connectivity index (χ2v) is 7.24. The first kappa shape index (κ1) is 12.9. The molecule has 2 rings (SSSR count). The largest absolute Gasteiger partial charge is 0.332 e. The molecule has 1 aliphatic rings. The topological polar surface area (TPSA) is 74.8 Å². The Kier molecular flexibility index (Phi) is 3.00. The van der Waals surface area contributed by atoms with Crippen molar-refractivity contribution in [3.8, 4) is 0 Å². The highest BCUT2D eigenvalue weighted by Gasteiger charge is 2.48. The number of hydrogen-bond donors (Lipinski definition) is 2. The molecule has 0 amide bonds. The summed E-state index contributed by atoms with van der Waals surface area (Å²) in [5.74, 6) is 0.577. The van der Waals surface area contributed by atoms with Crippen LogP contribution in [0, 0.1) is 12.3 Å². The van der Waals surface area contributed by atoms with Gasteiger partial charge in [0, 0.05) is 11.4 Å². The lowest BCUT2D eigenvalue weighted by Gasteiger charge is -2.48. The number of imidazole rings is 1. The first-order valence-electron chi connectivity index (χ1n) is 5.41. The Morgan fingerprint density at radius 1 is 1.59 bits per heavy atom. The Balaban J connectivity index is 2.15. The molecule has 1 saturated carbocycles. The molecule has 2 atom stereocenters. The molecule has 1 aliphatic carbocycles. The minimum atomic E-state index is -3.52. The van der Waals surface area contributed by atoms with Crippen molar-refractivity contribution < 1.29 is 8.42 Å². The molecule has 2 unspecified atom stereocenters. The second-order valence-electron chi connectivity index (χ2n) is 5.03. The molecule has 7 heteroatoms. The third-order valence-electron chi connectivity index (χ3n) is 3.41. The van der Waals surface area contributed by atoms with Gasteiger partial charge in [-0.05, 0) is 18.8 Å². The quantitative estimate of drug-likeness (QED) is 0.820. The van der Waals surface area contributed by atoms with E-state index in [2.05, 4.69) is 14.7 Å². The summed E-state index contributed by atoms with van der Waals surface area (Å²) in [4.78, 5) is 6.60. The standard InChI is InChI=1S/C10H16ClN3O2S/c1-6-12-5-9(13-6)17(15,16)14-8-4-7(11)10(8,2)3/h5,7-8,14H,4H2,1-3H3,(H,12,13). The van der Waals surface area contributed by atoms with Crippen LogP contribution in [0.2, 0.25) is 0 Å². The Morgan fingerprint density at radius 2 is 2.24 bits per heavy atom. The maximum Gasteiger partial charge on any atom is 0.257 e. The number of H-pyrrole nitrogens is 1. The van der Waals surface area contributed by atoms with Gasteiger partial charge in [-0.25, -0.2) is 18.1 Å². The van der Waals surface area contributed by atoms with Gasteiger partial charge in [0.1, 0.15) is 5.82 Å². The number of alkyl halides is 1. The van der Waals surface area contributed by atoms with Gasteiger partial charge in [-0.3, -0.25) is 0 Å². The highest BCUT2D eigenvalue weighted by molar-refractivity contribution is 7.89. The first-order chi connectivity index (χ1) is 7.73. The maximum absolute atomic E-state index is 12.0. The summed E-state index contributed by atoms with van der Waals surface area (Å²) in [7, 11) is -3.52. The first-order valence-corrected chi connectivity index (χ1v) is 7.33. The monoisotopic (exact) mass is 277 g/mol. The molecule has 1 aromatic rings. The number of sulfonamides is 1. The van der Waals surface area contributed by atoms with Crippen molar-refractivity contribution in [3.63, 3.8) is 0 Å². The van der Waals surface area contributed by atoms with Crippen LogP contribution in [0.4, 0.5) is 0 Å². The van der Waals surface area contributed by atoms with Crippen LogP contribution in [0.3, 0.4) is 0 Å². The van der Waals surface area contributed by atoms with Crippen molar-refractivity contribution in [2.45, 2.75) is 43.6 Å². The van der Waals surface area contributed by atoms with Gasteiger partial charge in [0.25, 0.3) is 10.0 Å². The lowest BCUT2D eigenvalue weighted by atomic mass is 9.67. The van der Waals surface area contributed by atoms with Crippen LogP contribution < -0.4 is 4.72 Å². The average molecular weight is 278 g/mol. The zero-order chi connectivity index (χ0) is 12.8. The van der Waals surface area contributed by atoms with E-state index < -0.39 is 10.0 Å². The fourth-order valence-corrected chi connectivity index (χ4v) is 3.56. The molecule has 0 aromatic carbocycles. The Bertz CT molecular complexity index is 523. The minimum absolute atomic E-state index is 0.0127. The third kappa shape index (κ3) is 2.21. The van der Waals surface area contributed by atoms with Crippen molar-refractivity contribution >= 4 is 21.6 Å². The van der Waals surface area contributed by atoms with Gasteiger partial charge in [0.2, 0.25) is 0 Å². The lowest BCUT2D eigenvalue weighted by Crippen LogP contribution is -2.59. The molecule has 0 radical (unpaired) electrons. The van der Waals surface area contributed by atoms with E-state index in [1.54, 1.807) is 6.92 Å². The van der Waals surface area contributed by atoms with Crippen LogP contribution in [-0.4, -0.2) is 29.8 Å². The number of aryl methyl sites for hydroxylation is 1. The van der Waals surface area contributed by atoms with Gasteiger partial charge in [0.05, 0.1) is 6.20 Å². The number of hydrogen-bond acceptors (Lipinski definition) is 3. The lowest BCUT2D eigenvalue weighted by molar-refractivity contribution is 0.137. The SMILES string of the molecule is Cc1ncc(S(=O)(=O)NC2CC(Cl)C2(C)C)[nH]1. The van der Waals surface area contributed by atoms with Crippen LogP contribution in [0.5, 0.6) is 0 Å². The summed E-state index contributed by atoms with van der Waals surface area (Å²) in [6, 6.07) is -0.126. The van der Waals surface area contributed by atoms with E-state index in [0.29, 0.717) is 12.2 Å². The molecular formula is C10H16ClN3O2S. The molecule has 0 spiro atoms. The highest BCUT2D eigenvalue weighted by atomic mass is 35.5. The molecule has 5 nitrogen and oxygen atoms in total. The van der Waals surface area contributed by atoms with Crippen LogP contribution in [0.1, 0.15) is 26.1 Å². The van der Waals surface area contributed by atoms with Crippen molar-refractivity contribution in [1.82, 2.24) is 14.7 Å². The average Bonchev–Trinajstić information content (AvgIpc) is 2.65. The van der Waals surface area contributed by atoms with Gasteiger partial charge in [-0.1, -0.05) is 13.8 Å². The van der Waals surface area contributed by atoms with Crippen LogP contribution in [-0.2, 0) is 10.0 Å². The molecule has 1 aromatic heterocycles. The molecule has 0 saturated heterocycles. The molecule has 0 aliphatic heterocycles. The summed E-state index contributed by atoms with van der Waals surface area (Å²) in [5, 5.41) is 0.113.